The Balaban J connectivity index is 1.31. The maximum absolute atomic E-state index is 12.8. The van der Waals surface area contributed by atoms with Crippen LogP contribution < -0.4 is 15.7 Å². The summed E-state index contributed by atoms with van der Waals surface area (Å²) in [6.45, 7) is 2.18. The van der Waals surface area contributed by atoms with Gasteiger partial charge in [-0.25, -0.2) is 13.2 Å². The number of rotatable bonds is 12. The first kappa shape index (κ1) is 26.9. The van der Waals surface area contributed by atoms with E-state index in [1.165, 1.54) is 31.2 Å². The number of carbonyl (C=O) groups is 1. The Bertz CT molecular complexity index is 1530. The van der Waals surface area contributed by atoms with Crippen molar-refractivity contribution in [2.75, 3.05) is 17.8 Å². The fraction of sp³-hybridized carbons (Fsp3) is 0.240. The number of anilines is 1. The van der Waals surface area contributed by atoms with E-state index in [4.69, 9.17) is 0 Å². The smallest absolute Gasteiger partial charge is 0.368 e. The zero-order chi connectivity index (χ0) is 27.1. The van der Waals surface area contributed by atoms with Gasteiger partial charge in [0.25, 0.3) is 10.0 Å². The summed E-state index contributed by atoms with van der Waals surface area (Å²) in [5.74, 6) is -0.243. The molecule has 0 radical (unpaired) electrons. The zero-order valence-corrected chi connectivity index (χ0v) is 21.4. The van der Waals surface area contributed by atoms with Crippen LogP contribution in [0.3, 0.4) is 0 Å². The van der Waals surface area contributed by atoms with Gasteiger partial charge in [0.05, 0.1) is 16.7 Å². The Hall–Kier alpha value is -4.20. The van der Waals surface area contributed by atoms with Crippen LogP contribution in [0.5, 0.6) is 0 Å². The van der Waals surface area contributed by atoms with Gasteiger partial charge >= 0.3 is 5.69 Å². The standard InChI is InChI=1S/C25H27N7O5S/c1-18(33)17-31-25(35)32(30-29-31)22-8-10-23(11-9-22)38(36,37)28-21-6-4-19(5-7-21)12-14-27-16-24(34)20-3-2-13-26-15-20/h2-11,13,15,24,27-28,34H,12,14,16-17H2,1H3/t24-/m0/s1. The number of tetrazole rings is 1. The third-order valence-electron chi connectivity index (χ3n) is 5.61. The molecule has 0 spiro atoms. The maximum Gasteiger partial charge on any atom is 0.368 e. The van der Waals surface area contributed by atoms with Gasteiger partial charge in [0.15, 0.2) is 5.78 Å². The molecule has 1 atom stereocenters. The van der Waals surface area contributed by atoms with E-state index in [1.54, 1.807) is 30.6 Å². The van der Waals surface area contributed by atoms with Crippen LogP contribution >= 0.6 is 0 Å². The number of benzene rings is 2. The van der Waals surface area contributed by atoms with Gasteiger partial charge in [0.2, 0.25) is 0 Å². The Morgan fingerprint density at radius 3 is 2.45 bits per heavy atom. The number of sulfonamides is 1. The van der Waals surface area contributed by atoms with Crippen LogP contribution in [-0.2, 0) is 27.8 Å². The molecule has 3 N–H and O–H groups in total. The quantitative estimate of drug-likeness (QED) is 0.225. The number of hydrogen-bond acceptors (Lipinski definition) is 9. The van der Waals surface area contributed by atoms with Crippen molar-refractivity contribution in [3.05, 3.63) is 94.7 Å². The number of hydrogen-bond donors (Lipinski definition) is 3. The largest absolute Gasteiger partial charge is 0.387 e. The Labute approximate surface area is 219 Å². The second-order valence-corrected chi connectivity index (χ2v) is 10.3. The molecule has 38 heavy (non-hydrogen) atoms. The third kappa shape index (κ3) is 6.76. The van der Waals surface area contributed by atoms with Crippen molar-refractivity contribution in [1.82, 2.24) is 30.1 Å². The second kappa shape index (κ2) is 11.9. The van der Waals surface area contributed by atoms with Crippen LogP contribution in [0.25, 0.3) is 5.69 Å². The normalized spacial score (nSPS) is 12.3. The minimum atomic E-state index is -3.87. The number of nitrogens with one attached hydrogen (secondary N) is 2. The molecule has 2 heterocycles. The average Bonchev–Trinajstić information content (AvgIpc) is 3.27. The molecular formula is C25H27N7O5S. The molecule has 0 aliphatic rings. The van der Waals surface area contributed by atoms with Gasteiger partial charge in [0, 0.05) is 30.2 Å². The van der Waals surface area contributed by atoms with Crippen LogP contribution in [0, 0.1) is 0 Å². The highest BCUT2D eigenvalue weighted by Crippen LogP contribution is 2.18. The fourth-order valence-electron chi connectivity index (χ4n) is 3.63. The first-order valence-corrected chi connectivity index (χ1v) is 13.2. The van der Waals surface area contributed by atoms with Crippen LogP contribution in [0.15, 0.2) is 82.7 Å². The first-order chi connectivity index (χ1) is 18.2. The molecular weight excluding hydrogens is 510 g/mol. The lowest BCUT2D eigenvalue weighted by molar-refractivity contribution is -0.117. The SMILES string of the molecule is CC(=O)Cn1nnn(-c2ccc(S(=O)(=O)Nc3ccc(CCNC[C@H](O)c4cccnc4)cc3)cc2)c1=O. The molecule has 0 aliphatic carbocycles. The molecule has 2 aromatic heterocycles. The lowest BCUT2D eigenvalue weighted by Crippen LogP contribution is -2.26. The van der Waals surface area contributed by atoms with Crippen LogP contribution in [0.2, 0.25) is 0 Å². The van der Waals surface area contributed by atoms with Crippen molar-refractivity contribution in [3.63, 3.8) is 0 Å². The number of Topliss-reactive ketones (excluding diaryl/α,β-unsaturated/α-hetero) is 1. The molecule has 0 amide bonds. The summed E-state index contributed by atoms with van der Waals surface area (Å²) >= 11 is 0. The van der Waals surface area contributed by atoms with Crippen LogP contribution in [0.4, 0.5) is 5.69 Å². The molecule has 0 unspecified atom stereocenters. The number of ketones is 1. The van der Waals surface area contributed by atoms with Gasteiger partial charge in [-0.1, -0.05) is 18.2 Å². The fourth-order valence-corrected chi connectivity index (χ4v) is 4.69. The lowest BCUT2D eigenvalue weighted by Gasteiger charge is -2.12. The number of aliphatic hydroxyl groups excluding tert-OH is 1. The van der Waals surface area contributed by atoms with Crippen molar-refractivity contribution >= 4 is 21.5 Å². The number of nitrogens with zero attached hydrogens (tertiary/aromatic N) is 5. The predicted molar refractivity (Wildman–Crippen MR) is 139 cm³/mol. The predicted octanol–water partition coefficient (Wildman–Crippen LogP) is 1.08. The minimum absolute atomic E-state index is 0.00544. The molecule has 4 aromatic rings. The molecule has 0 saturated heterocycles. The molecule has 0 bridgehead atoms. The van der Waals surface area contributed by atoms with Gasteiger partial charge in [-0.15, -0.1) is 0 Å². The van der Waals surface area contributed by atoms with E-state index >= 15 is 0 Å². The van der Waals surface area contributed by atoms with E-state index in [-0.39, 0.29) is 17.2 Å². The average molecular weight is 538 g/mol. The summed E-state index contributed by atoms with van der Waals surface area (Å²) in [4.78, 5) is 27.6. The van der Waals surface area contributed by atoms with Crippen molar-refractivity contribution in [2.45, 2.75) is 30.9 Å². The molecule has 13 heteroatoms. The highest BCUT2D eigenvalue weighted by Gasteiger charge is 2.16. The van der Waals surface area contributed by atoms with Crippen LogP contribution in [-0.4, -0.2) is 57.2 Å². The van der Waals surface area contributed by atoms with E-state index in [1.807, 2.05) is 18.2 Å². The highest BCUT2D eigenvalue weighted by molar-refractivity contribution is 7.92. The van der Waals surface area contributed by atoms with E-state index in [0.717, 1.165) is 20.5 Å². The van der Waals surface area contributed by atoms with Gasteiger partial charge in [-0.3, -0.25) is 14.5 Å². The van der Waals surface area contributed by atoms with E-state index in [0.29, 0.717) is 30.9 Å². The first-order valence-electron chi connectivity index (χ1n) is 11.8. The van der Waals surface area contributed by atoms with Gasteiger partial charge in [-0.05, 0) is 78.3 Å². The monoisotopic (exact) mass is 537 g/mol. The van der Waals surface area contributed by atoms with E-state index < -0.39 is 21.8 Å². The summed E-state index contributed by atoms with van der Waals surface area (Å²) < 4.78 is 30.1. The zero-order valence-electron chi connectivity index (χ0n) is 20.6. The summed E-state index contributed by atoms with van der Waals surface area (Å²) in [5.41, 5.74) is 1.87. The van der Waals surface area contributed by atoms with Crippen LogP contribution in [0.1, 0.15) is 24.2 Å². The Morgan fingerprint density at radius 1 is 1.05 bits per heavy atom. The van der Waals surface area contributed by atoms with Gasteiger partial charge in [-0.2, -0.15) is 9.36 Å². The topological polar surface area (TPSA) is 161 Å². The van der Waals surface area contributed by atoms with Gasteiger partial charge in [0.1, 0.15) is 6.54 Å². The van der Waals surface area contributed by atoms with E-state index in [2.05, 4.69) is 25.4 Å². The summed E-state index contributed by atoms with van der Waals surface area (Å²) in [5, 5.41) is 20.8. The summed E-state index contributed by atoms with van der Waals surface area (Å²) in [7, 11) is -3.87. The molecule has 12 nitrogen and oxygen atoms in total. The summed E-state index contributed by atoms with van der Waals surface area (Å²) in [6, 6.07) is 16.2. The Kier molecular flexibility index (Phi) is 8.41. The Morgan fingerprint density at radius 2 is 1.79 bits per heavy atom. The number of aromatic nitrogens is 5. The van der Waals surface area contributed by atoms with Crippen molar-refractivity contribution in [1.29, 1.82) is 0 Å². The highest BCUT2D eigenvalue weighted by atomic mass is 32.2. The van der Waals surface area contributed by atoms with Crippen molar-refractivity contribution in [2.24, 2.45) is 0 Å². The minimum Gasteiger partial charge on any atom is -0.387 e. The number of pyridine rings is 1. The second-order valence-electron chi connectivity index (χ2n) is 8.59. The molecule has 2 aromatic carbocycles. The molecule has 0 saturated carbocycles. The van der Waals surface area contributed by atoms with Crippen molar-refractivity contribution in [3.8, 4) is 5.69 Å². The molecule has 198 valence electrons. The lowest BCUT2D eigenvalue weighted by atomic mass is 10.1. The van der Waals surface area contributed by atoms with E-state index in [9.17, 15) is 23.1 Å². The van der Waals surface area contributed by atoms with Crippen molar-refractivity contribution < 1.29 is 18.3 Å². The summed E-state index contributed by atoms with van der Waals surface area (Å²) in [6.07, 6.45) is 3.34. The molecule has 4 rings (SSSR count). The molecule has 0 fully saturated rings. The number of carbonyl (C=O) groups excluding carboxylic acids is 1. The third-order valence-corrected chi connectivity index (χ3v) is 7.00. The van der Waals surface area contributed by atoms with Gasteiger partial charge < -0.3 is 10.4 Å². The maximum atomic E-state index is 12.8. The number of aliphatic hydroxyl groups is 1. The molecule has 0 aliphatic heterocycles.